The molecule has 2 aliphatic rings. The maximum Gasteiger partial charge on any atom is 0.144 e. The number of hydrogen-bond donors (Lipinski definition) is 0. The highest BCUT2D eigenvalue weighted by atomic mass is 16.5. The summed E-state index contributed by atoms with van der Waals surface area (Å²) in [5.41, 5.74) is 4.63. The summed E-state index contributed by atoms with van der Waals surface area (Å²) in [6.45, 7) is 1.15. The maximum atomic E-state index is 5.45. The van der Waals surface area contributed by atoms with E-state index < -0.39 is 0 Å². The molecule has 1 atom stereocenters. The van der Waals surface area contributed by atoms with Crippen LogP contribution < -0.4 is 4.74 Å². The van der Waals surface area contributed by atoms with E-state index in [1.807, 2.05) is 24.3 Å². The van der Waals surface area contributed by atoms with Crippen molar-refractivity contribution >= 4 is 17.1 Å². The van der Waals surface area contributed by atoms with Crippen LogP contribution in [0.25, 0.3) is 5.70 Å². The number of para-hydroxylation sites is 2. The van der Waals surface area contributed by atoms with Gasteiger partial charge in [-0.2, -0.15) is 0 Å². The predicted molar refractivity (Wildman–Crippen MR) is 98.9 cm³/mol. The molecule has 0 unspecified atom stereocenters. The van der Waals surface area contributed by atoms with E-state index in [0.29, 0.717) is 6.04 Å². The van der Waals surface area contributed by atoms with Crippen molar-refractivity contribution in [3.63, 3.8) is 0 Å². The average molecular weight is 318 g/mol. The molecule has 0 aliphatic carbocycles. The topological polar surface area (TPSA) is 24.8 Å². The highest BCUT2D eigenvalue weighted by molar-refractivity contribution is 6.04. The van der Waals surface area contributed by atoms with Crippen LogP contribution >= 0.6 is 0 Å². The van der Waals surface area contributed by atoms with E-state index in [1.54, 1.807) is 7.11 Å². The Hall–Kier alpha value is -2.55. The predicted octanol–water partition coefficient (Wildman–Crippen LogP) is 4.68. The fourth-order valence-electron chi connectivity index (χ4n) is 3.72. The molecule has 0 spiro atoms. The van der Waals surface area contributed by atoms with Crippen LogP contribution in [-0.4, -0.2) is 30.3 Å². The van der Waals surface area contributed by atoms with Crippen molar-refractivity contribution in [3.05, 3.63) is 66.2 Å². The number of rotatable bonds is 3. The van der Waals surface area contributed by atoms with Gasteiger partial charge in [0.05, 0.1) is 7.11 Å². The van der Waals surface area contributed by atoms with Gasteiger partial charge in [0, 0.05) is 30.4 Å². The zero-order valence-corrected chi connectivity index (χ0v) is 14.0. The van der Waals surface area contributed by atoms with Crippen LogP contribution in [0.3, 0.4) is 0 Å². The third-order valence-electron chi connectivity index (χ3n) is 4.85. The minimum absolute atomic E-state index is 0.568. The summed E-state index contributed by atoms with van der Waals surface area (Å²) in [6.07, 6.45) is 5.77. The first kappa shape index (κ1) is 15.0. The second-order valence-corrected chi connectivity index (χ2v) is 6.36. The molecule has 2 aromatic carbocycles. The molecule has 2 heterocycles. The van der Waals surface area contributed by atoms with Gasteiger partial charge in [0.15, 0.2) is 0 Å². The number of fused-ring (bicyclic) bond motifs is 1. The molecule has 0 aromatic heterocycles. The van der Waals surface area contributed by atoms with Crippen molar-refractivity contribution in [3.8, 4) is 5.75 Å². The minimum atomic E-state index is 0.568. The molecular weight excluding hydrogens is 296 g/mol. The molecule has 0 bridgehead atoms. The molecule has 122 valence electrons. The van der Waals surface area contributed by atoms with Crippen LogP contribution in [-0.2, 0) is 0 Å². The van der Waals surface area contributed by atoms with Gasteiger partial charge in [0.1, 0.15) is 11.4 Å². The molecule has 0 saturated carbocycles. The van der Waals surface area contributed by atoms with E-state index in [4.69, 9.17) is 9.73 Å². The van der Waals surface area contributed by atoms with Crippen molar-refractivity contribution < 1.29 is 4.74 Å². The number of nitrogens with zero attached hydrogens (tertiary/aromatic N) is 2. The van der Waals surface area contributed by atoms with Crippen molar-refractivity contribution in [2.75, 3.05) is 13.7 Å². The average Bonchev–Trinajstić information content (AvgIpc) is 3.11. The lowest BCUT2D eigenvalue weighted by Gasteiger charge is -2.33. The quantitative estimate of drug-likeness (QED) is 0.821. The maximum absolute atomic E-state index is 5.45. The number of allylic oxidation sites excluding steroid dienone is 1. The summed E-state index contributed by atoms with van der Waals surface area (Å²) < 4.78 is 5.45. The molecule has 4 rings (SSSR count). The van der Waals surface area contributed by atoms with E-state index in [9.17, 15) is 0 Å². The molecule has 3 heteroatoms. The first-order valence-electron chi connectivity index (χ1n) is 8.59. The van der Waals surface area contributed by atoms with Crippen LogP contribution in [0.5, 0.6) is 5.75 Å². The highest BCUT2D eigenvalue weighted by Gasteiger charge is 2.31. The Kier molecular flexibility index (Phi) is 4.08. The zero-order chi connectivity index (χ0) is 16.4. The fourth-order valence-corrected chi connectivity index (χ4v) is 3.72. The summed E-state index contributed by atoms with van der Waals surface area (Å²) in [5, 5.41) is 0. The Bertz CT molecular complexity index is 779. The number of benzene rings is 2. The number of ether oxygens (including phenoxy) is 1. The van der Waals surface area contributed by atoms with Gasteiger partial charge < -0.3 is 9.64 Å². The van der Waals surface area contributed by atoms with Gasteiger partial charge >= 0.3 is 0 Å². The van der Waals surface area contributed by atoms with Crippen LogP contribution in [0.15, 0.2) is 65.7 Å². The molecule has 2 aromatic rings. The number of methoxy groups -OCH3 is 1. The summed E-state index contributed by atoms with van der Waals surface area (Å²) >= 11 is 0. The third kappa shape index (κ3) is 2.82. The van der Waals surface area contributed by atoms with E-state index in [2.05, 4.69) is 41.3 Å². The summed E-state index contributed by atoms with van der Waals surface area (Å²) in [4.78, 5) is 7.47. The smallest absolute Gasteiger partial charge is 0.144 e. The lowest BCUT2D eigenvalue weighted by Crippen LogP contribution is -2.33. The first-order chi connectivity index (χ1) is 11.8. The van der Waals surface area contributed by atoms with E-state index >= 15 is 0 Å². The number of hydrogen-bond acceptors (Lipinski definition) is 3. The Morgan fingerprint density at radius 3 is 2.67 bits per heavy atom. The monoisotopic (exact) mass is 318 g/mol. The van der Waals surface area contributed by atoms with E-state index in [0.717, 1.165) is 30.1 Å². The van der Waals surface area contributed by atoms with Crippen LogP contribution in [0.1, 0.15) is 24.8 Å². The molecule has 24 heavy (non-hydrogen) atoms. The van der Waals surface area contributed by atoms with Crippen molar-refractivity contribution in [2.24, 2.45) is 4.99 Å². The Labute approximate surface area is 143 Å². The highest BCUT2D eigenvalue weighted by Crippen LogP contribution is 2.36. The largest absolute Gasteiger partial charge is 0.494 e. The first-order valence-corrected chi connectivity index (χ1v) is 8.59. The second-order valence-electron chi connectivity index (χ2n) is 6.36. The van der Waals surface area contributed by atoms with E-state index in [1.165, 1.54) is 24.1 Å². The lowest BCUT2D eigenvalue weighted by atomic mass is 9.98. The second kappa shape index (κ2) is 6.52. The number of aliphatic imine (C=N–C) groups is 1. The summed E-state index contributed by atoms with van der Waals surface area (Å²) in [7, 11) is 1.70. The molecular formula is C21H22N2O. The zero-order valence-electron chi connectivity index (χ0n) is 14.0. The molecule has 2 aliphatic heterocycles. The molecule has 0 radical (unpaired) electrons. The Morgan fingerprint density at radius 1 is 1.04 bits per heavy atom. The van der Waals surface area contributed by atoms with Crippen molar-refractivity contribution in [1.29, 1.82) is 0 Å². The minimum Gasteiger partial charge on any atom is -0.494 e. The third-order valence-corrected chi connectivity index (χ3v) is 4.85. The molecule has 0 amide bonds. The fraction of sp³-hybridized carbons (Fsp3) is 0.286. The summed E-state index contributed by atoms with van der Waals surface area (Å²) in [6, 6.07) is 19.2. The molecule has 1 saturated heterocycles. The van der Waals surface area contributed by atoms with Crippen molar-refractivity contribution in [2.45, 2.75) is 25.3 Å². The van der Waals surface area contributed by atoms with Gasteiger partial charge in [0.2, 0.25) is 0 Å². The van der Waals surface area contributed by atoms with Gasteiger partial charge in [-0.05, 0) is 36.6 Å². The molecule has 3 nitrogen and oxygen atoms in total. The van der Waals surface area contributed by atoms with Crippen molar-refractivity contribution in [1.82, 2.24) is 4.90 Å². The van der Waals surface area contributed by atoms with Gasteiger partial charge in [0.25, 0.3) is 0 Å². The van der Waals surface area contributed by atoms with Gasteiger partial charge in [-0.3, -0.25) is 0 Å². The van der Waals surface area contributed by atoms with Crippen LogP contribution in [0.4, 0.5) is 5.69 Å². The lowest BCUT2D eigenvalue weighted by molar-refractivity contribution is 0.372. The summed E-state index contributed by atoms with van der Waals surface area (Å²) in [5.74, 6) is 0.827. The SMILES string of the molecule is COc1ccccc1N=C1C=C(c2ccccc2)N2CCC[C@@H]2C1. The van der Waals surface area contributed by atoms with Gasteiger partial charge in [-0.1, -0.05) is 42.5 Å². The molecule has 0 N–H and O–H groups in total. The standard InChI is InChI=1S/C21H22N2O/c1-24-21-12-6-5-11-19(21)22-17-14-18-10-7-13-23(18)20(15-17)16-8-3-2-4-9-16/h2-6,8-9,11-12,15,18H,7,10,13-14H2,1H3/t18-/m1/s1. The van der Waals surface area contributed by atoms with Gasteiger partial charge in [-0.25, -0.2) is 4.99 Å². The van der Waals surface area contributed by atoms with Gasteiger partial charge in [-0.15, -0.1) is 0 Å². The Morgan fingerprint density at radius 2 is 1.83 bits per heavy atom. The molecule has 1 fully saturated rings. The van der Waals surface area contributed by atoms with Crippen LogP contribution in [0.2, 0.25) is 0 Å². The van der Waals surface area contributed by atoms with Crippen LogP contribution in [0, 0.1) is 0 Å². The Balaban J connectivity index is 1.76. The normalized spacial score (nSPS) is 21.5. The van der Waals surface area contributed by atoms with E-state index in [-0.39, 0.29) is 0 Å².